The van der Waals surface area contributed by atoms with Crippen LogP contribution in [-0.4, -0.2) is 35.7 Å². The molecule has 0 aliphatic rings. The summed E-state index contributed by atoms with van der Waals surface area (Å²) in [5.41, 5.74) is 0.930. The lowest BCUT2D eigenvalue weighted by atomic mass is 10.2. The van der Waals surface area contributed by atoms with Gasteiger partial charge in [0.15, 0.2) is 5.13 Å². The van der Waals surface area contributed by atoms with Gasteiger partial charge in [-0.25, -0.2) is 4.98 Å². The van der Waals surface area contributed by atoms with Crippen molar-refractivity contribution in [3.63, 3.8) is 0 Å². The van der Waals surface area contributed by atoms with Gasteiger partial charge in [0, 0.05) is 38.5 Å². The summed E-state index contributed by atoms with van der Waals surface area (Å²) in [5, 5.41) is 14.8. The minimum Gasteiger partial charge on any atom is -0.396 e. The molecule has 0 saturated carbocycles. The van der Waals surface area contributed by atoms with Crippen LogP contribution >= 0.6 is 11.3 Å². The lowest BCUT2D eigenvalue weighted by Crippen LogP contribution is -2.28. The van der Waals surface area contributed by atoms with E-state index in [9.17, 15) is 4.79 Å². The van der Waals surface area contributed by atoms with Crippen LogP contribution in [0.5, 0.6) is 0 Å². The number of carbonyl (C=O) groups is 1. The van der Waals surface area contributed by atoms with Crippen LogP contribution in [0.2, 0.25) is 0 Å². The third kappa shape index (κ3) is 4.36. The third-order valence-electron chi connectivity index (χ3n) is 2.58. The average molecular weight is 271 g/mol. The number of aromatic nitrogens is 1. The Balaban J connectivity index is 2.50. The minimum atomic E-state index is 0.0141. The summed E-state index contributed by atoms with van der Waals surface area (Å²) in [4.78, 5) is 17.5. The average Bonchev–Trinajstić information content (AvgIpc) is 2.78. The maximum atomic E-state index is 11.4. The van der Waals surface area contributed by atoms with Crippen molar-refractivity contribution < 1.29 is 9.90 Å². The number of aliphatic hydroxyl groups is 1. The van der Waals surface area contributed by atoms with E-state index < -0.39 is 0 Å². The first-order valence-corrected chi connectivity index (χ1v) is 7.00. The number of thiazole rings is 1. The molecule has 5 nitrogen and oxygen atoms in total. The van der Waals surface area contributed by atoms with Gasteiger partial charge in [-0.05, 0) is 12.8 Å². The molecular weight excluding hydrogens is 250 g/mol. The highest BCUT2D eigenvalue weighted by Crippen LogP contribution is 2.20. The molecule has 1 unspecified atom stereocenters. The fraction of sp³-hybridized carbons (Fsp3) is 0.667. The Morgan fingerprint density at radius 3 is 2.94 bits per heavy atom. The van der Waals surface area contributed by atoms with Crippen molar-refractivity contribution in [2.45, 2.75) is 27.3 Å². The van der Waals surface area contributed by atoms with Crippen LogP contribution in [0, 0.1) is 5.92 Å². The van der Waals surface area contributed by atoms with Gasteiger partial charge < -0.3 is 10.4 Å². The number of anilines is 1. The molecular formula is C12H21N3O2S. The Morgan fingerprint density at radius 1 is 1.67 bits per heavy atom. The van der Waals surface area contributed by atoms with E-state index in [4.69, 9.17) is 5.11 Å². The number of aliphatic hydroxyl groups excluding tert-OH is 1. The van der Waals surface area contributed by atoms with E-state index in [1.165, 1.54) is 11.3 Å². The maximum absolute atomic E-state index is 11.4. The van der Waals surface area contributed by atoms with Gasteiger partial charge in [0.2, 0.25) is 5.91 Å². The maximum Gasteiger partial charge on any atom is 0.225 e. The Bertz CT molecular complexity index is 381. The van der Waals surface area contributed by atoms with Crippen molar-refractivity contribution in [1.82, 2.24) is 10.3 Å². The number of hydrogen-bond donors (Lipinski definition) is 2. The predicted octanol–water partition coefficient (Wildman–Crippen LogP) is 1.23. The van der Waals surface area contributed by atoms with Crippen molar-refractivity contribution in [3.8, 4) is 0 Å². The van der Waals surface area contributed by atoms with Crippen LogP contribution in [0.15, 0.2) is 5.38 Å². The van der Waals surface area contributed by atoms with Crippen LogP contribution in [0.3, 0.4) is 0 Å². The third-order valence-corrected chi connectivity index (χ3v) is 3.49. The molecule has 0 spiro atoms. The second-order valence-corrected chi connectivity index (χ2v) is 5.14. The first-order valence-electron chi connectivity index (χ1n) is 6.12. The summed E-state index contributed by atoms with van der Waals surface area (Å²) in [6.07, 6.45) is 0. The van der Waals surface area contributed by atoms with Crippen LogP contribution in [0.25, 0.3) is 0 Å². The molecule has 0 bridgehead atoms. The molecule has 0 radical (unpaired) electrons. The fourth-order valence-electron chi connectivity index (χ4n) is 1.51. The van der Waals surface area contributed by atoms with Gasteiger partial charge in [0.25, 0.3) is 0 Å². The number of carbonyl (C=O) groups excluding carboxylic acids is 1. The molecule has 1 aromatic rings. The Labute approximate surface area is 112 Å². The van der Waals surface area contributed by atoms with Gasteiger partial charge in [0.05, 0.1) is 5.69 Å². The lowest BCUT2D eigenvalue weighted by Gasteiger charge is -2.14. The first kappa shape index (κ1) is 15.1. The Morgan fingerprint density at radius 2 is 2.39 bits per heavy atom. The summed E-state index contributed by atoms with van der Waals surface area (Å²) in [6.45, 7) is 7.70. The molecule has 6 heteroatoms. The van der Waals surface area contributed by atoms with Gasteiger partial charge in [0.1, 0.15) is 0 Å². The van der Waals surface area contributed by atoms with Gasteiger partial charge in [-0.3, -0.25) is 9.69 Å². The summed E-state index contributed by atoms with van der Waals surface area (Å²) >= 11 is 1.48. The molecule has 1 aromatic heterocycles. The van der Waals surface area contributed by atoms with Crippen molar-refractivity contribution >= 4 is 22.4 Å². The minimum absolute atomic E-state index is 0.0141. The summed E-state index contributed by atoms with van der Waals surface area (Å²) < 4.78 is 0. The molecule has 1 amide bonds. The van der Waals surface area contributed by atoms with Crippen LogP contribution in [-0.2, 0) is 11.3 Å². The number of hydrogen-bond acceptors (Lipinski definition) is 5. The van der Waals surface area contributed by atoms with Gasteiger partial charge >= 0.3 is 0 Å². The SMILES string of the molecule is CCN(C(C)=O)c1nc(CNCC(C)CO)cs1. The summed E-state index contributed by atoms with van der Waals surface area (Å²) in [5.74, 6) is 0.257. The zero-order valence-corrected chi connectivity index (χ0v) is 12.0. The highest BCUT2D eigenvalue weighted by molar-refractivity contribution is 7.14. The molecule has 1 heterocycles. The fourth-order valence-corrected chi connectivity index (χ4v) is 2.44. The molecule has 0 fully saturated rings. The standard InChI is InChI=1S/C12H21N3O2S/c1-4-15(10(3)17)12-14-11(8-18-12)6-13-5-9(2)7-16/h8-9,13,16H,4-7H2,1-3H3. The smallest absolute Gasteiger partial charge is 0.225 e. The molecule has 0 saturated heterocycles. The highest BCUT2D eigenvalue weighted by atomic mass is 32.1. The second-order valence-electron chi connectivity index (χ2n) is 4.30. The van der Waals surface area contributed by atoms with Gasteiger partial charge in [-0.1, -0.05) is 6.92 Å². The molecule has 102 valence electrons. The molecule has 1 rings (SSSR count). The predicted molar refractivity (Wildman–Crippen MR) is 73.8 cm³/mol. The van der Waals surface area contributed by atoms with Crippen LogP contribution in [0.1, 0.15) is 26.5 Å². The van der Waals surface area contributed by atoms with E-state index in [1.54, 1.807) is 11.8 Å². The topological polar surface area (TPSA) is 65.5 Å². The van der Waals surface area contributed by atoms with E-state index in [0.29, 0.717) is 13.1 Å². The number of nitrogens with one attached hydrogen (secondary N) is 1. The Kier molecular flexibility index (Phi) is 6.24. The number of amides is 1. The summed E-state index contributed by atoms with van der Waals surface area (Å²) in [6, 6.07) is 0. The molecule has 0 aromatic carbocycles. The zero-order chi connectivity index (χ0) is 13.5. The molecule has 1 atom stereocenters. The van der Waals surface area contributed by atoms with E-state index >= 15 is 0 Å². The lowest BCUT2D eigenvalue weighted by molar-refractivity contribution is -0.116. The van der Waals surface area contributed by atoms with E-state index in [1.807, 2.05) is 19.2 Å². The van der Waals surface area contributed by atoms with E-state index in [0.717, 1.165) is 17.4 Å². The molecule has 2 N–H and O–H groups in total. The largest absolute Gasteiger partial charge is 0.396 e. The number of nitrogens with zero attached hydrogens (tertiary/aromatic N) is 2. The van der Waals surface area contributed by atoms with Crippen molar-refractivity contribution in [1.29, 1.82) is 0 Å². The van der Waals surface area contributed by atoms with Crippen LogP contribution < -0.4 is 10.2 Å². The summed E-state index contributed by atoms with van der Waals surface area (Å²) in [7, 11) is 0. The van der Waals surface area contributed by atoms with Crippen molar-refractivity contribution in [2.75, 3.05) is 24.6 Å². The Hall–Kier alpha value is -0.980. The quantitative estimate of drug-likeness (QED) is 0.783. The van der Waals surface area contributed by atoms with E-state index in [-0.39, 0.29) is 18.4 Å². The molecule has 0 aliphatic carbocycles. The van der Waals surface area contributed by atoms with Gasteiger partial charge in [-0.2, -0.15) is 0 Å². The van der Waals surface area contributed by atoms with Crippen molar-refractivity contribution in [2.24, 2.45) is 5.92 Å². The van der Waals surface area contributed by atoms with Crippen molar-refractivity contribution in [3.05, 3.63) is 11.1 Å². The van der Waals surface area contributed by atoms with E-state index in [2.05, 4.69) is 10.3 Å². The van der Waals surface area contributed by atoms with Crippen LogP contribution in [0.4, 0.5) is 5.13 Å². The normalized spacial score (nSPS) is 12.4. The molecule has 18 heavy (non-hydrogen) atoms. The first-order chi connectivity index (χ1) is 8.58. The molecule has 0 aliphatic heterocycles. The zero-order valence-electron chi connectivity index (χ0n) is 11.1. The highest BCUT2D eigenvalue weighted by Gasteiger charge is 2.13. The number of rotatable bonds is 7. The second kappa shape index (κ2) is 7.45. The monoisotopic (exact) mass is 271 g/mol. The van der Waals surface area contributed by atoms with Gasteiger partial charge in [-0.15, -0.1) is 11.3 Å².